The lowest BCUT2D eigenvalue weighted by Crippen LogP contribution is -2.39. The number of rotatable bonds is 6. The molecular formula is C13H19NO4S. The predicted molar refractivity (Wildman–Crippen MR) is 72.3 cm³/mol. The van der Waals surface area contributed by atoms with Gasteiger partial charge in [-0.2, -0.15) is 4.31 Å². The SMILES string of the molecule is CC(=O)CN(CC(C)O)S(=O)(=O)c1ccc(C)cc1. The van der Waals surface area contributed by atoms with Gasteiger partial charge in [0.2, 0.25) is 10.0 Å². The van der Waals surface area contributed by atoms with E-state index in [2.05, 4.69) is 0 Å². The summed E-state index contributed by atoms with van der Waals surface area (Å²) in [7, 11) is -3.76. The van der Waals surface area contributed by atoms with Gasteiger partial charge in [-0.3, -0.25) is 4.79 Å². The second kappa shape index (κ2) is 6.27. The van der Waals surface area contributed by atoms with Gasteiger partial charge in [0.1, 0.15) is 5.78 Å². The van der Waals surface area contributed by atoms with E-state index in [1.54, 1.807) is 12.1 Å². The van der Waals surface area contributed by atoms with Gasteiger partial charge in [-0.1, -0.05) is 17.7 Å². The largest absolute Gasteiger partial charge is 0.392 e. The number of aryl methyl sites for hydroxylation is 1. The van der Waals surface area contributed by atoms with Gasteiger partial charge in [-0.15, -0.1) is 0 Å². The van der Waals surface area contributed by atoms with Gasteiger partial charge >= 0.3 is 0 Å². The number of hydrogen-bond acceptors (Lipinski definition) is 4. The molecule has 0 spiro atoms. The molecule has 1 N–H and O–H groups in total. The second-order valence-corrected chi connectivity index (χ2v) is 6.60. The minimum atomic E-state index is -3.76. The lowest BCUT2D eigenvalue weighted by atomic mass is 10.2. The van der Waals surface area contributed by atoms with Crippen LogP contribution in [0, 0.1) is 6.92 Å². The van der Waals surface area contributed by atoms with E-state index >= 15 is 0 Å². The number of hydrogen-bond donors (Lipinski definition) is 1. The average Bonchev–Trinajstić information content (AvgIpc) is 2.27. The van der Waals surface area contributed by atoms with Crippen molar-refractivity contribution < 1.29 is 18.3 Å². The molecule has 0 heterocycles. The van der Waals surface area contributed by atoms with Crippen LogP contribution in [-0.2, 0) is 14.8 Å². The number of ketones is 1. The highest BCUT2D eigenvalue weighted by atomic mass is 32.2. The van der Waals surface area contributed by atoms with Crippen LogP contribution >= 0.6 is 0 Å². The van der Waals surface area contributed by atoms with Crippen LogP contribution in [0.5, 0.6) is 0 Å². The summed E-state index contributed by atoms with van der Waals surface area (Å²) in [6.45, 7) is 4.33. The molecule has 1 aromatic carbocycles. The van der Waals surface area contributed by atoms with Crippen molar-refractivity contribution in [3.05, 3.63) is 29.8 Å². The molecule has 0 fully saturated rings. The van der Waals surface area contributed by atoms with Crippen LogP contribution in [0.25, 0.3) is 0 Å². The van der Waals surface area contributed by atoms with E-state index < -0.39 is 16.1 Å². The van der Waals surface area contributed by atoms with Crippen molar-refractivity contribution in [2.45, 2.75) is 31.8 Å². The summed E-state index contributed by atoms with van der Waals surface area (Å²) in [5, 5.41) is 9.37. The lowest BCUT2D eigenvalue weighted by molar-refractivity contribution is -0.117. The molecule has 6 heteroatoms. The zero-order chi connectivity index (χ0) is 14.6. The van der Waals surface area contributed by atoms with E-state index in [1.165, 1.54) is 26.0 Å². The molecule has 0 aromatic heterocycles. The summed E-state index contributed by atoms with van der Waals surface area (Å²) in [5.74, 6) is -0.267. The lowest BCUT2D eigenvalue weighted by Gasteiger charge is -2.22. The van der Waals surface area contributed by atoms with Crippen LogP contribution < -0.4 is 0 Å². The molecule has 0 aliphatic rings. The van der Waals surface area contributed by atoms with Crippen LogP contribution in [0.2, 0.25) is 0 Å². The van der Waals surface area contributed by atoms with Gasteiger partial charge < -0.3 is 5.11 Å². The fourth-order valence-corrected chi connectivity index (χ4v) is 3.19. The summed E-state index contributed by atoms with van der Waals surface area (Å²) in [5.41, 5.74) is 0.951. The van der Waals surface area contributed by atoms with Crippen molar-refractivity contribution in [3.63, 3.8) is 0 Å². The fourth-order valence-electron chi connectivity index (χ4n) is 1.65. The molecule has 5 nitrogen and oxygen atoms in total. The number of Topliss-reactive ketones (excluding diaryl/α,β-unsaturated/α-hetero) is 1. The molecule has 0 aliphatic heterocycles. The fraction of sp³-hybridized carbons (Fsp3) is 0.462. The Balaban J connectivity index is 3.11. The smallest absolute Gasteiger partial charge is 0.243 e. The van der Waals surface area contributed by atoms with E-state index in [0.29, 0.717) is 0 Å². The maximum absolute atomic E-state index is 12.4. The van der Waals surface area contributed by atoms with Gasteiger partial charge in [-0.05, 0) is 32.9 Å². The van der Waals surface area contributed by atoms with Crippen LogP contribution in [0.15, 0.2) is 29.2 Å². The average molecular weight is 285 g/mol. The van der Waals surface area contributed by atoms with Crippen LogP contribution in [0.3, 0.4) is 0 Å². The van der Waals surface area contributed by atoms with Crippen molar-refractivity contribution in [2.24, 2.45) is 0 Å². The molecule has 0 amide bonds. The first-order valence-corrected chi connectivity index (χ1v) is 7.42. The summed E-state index contributed by atoms with van der Waals surface area (Å²) in [6.07, 6.45) is -0.834. The molecule has 1 unspecified atom stereocenters. The quantitative estimate of drug-likeness (QED) is 0.844. The molecule has 106 valence electrons. The van der Waals surface area contributed by atoms with E-state index in [1.807, 2.05) is 6.92 Å². The van der Waals surface area contributed by atoms with Crippen LogP contribution in [0.1, 0.15) is 19.4 Å². The number of benzene rings is 1. The highest BCUT2D eigenvalue weighted by Crippen LogP contribution is 2.16. The molecule has 19 heavy (non-hydrogen) atoms. The maximum atomic E-state index is 12.4. The third-order valence-corrected chi connectivity index (χ3v) is 4.35. The summed E-state index contributed by atoms with van der Waals surface area (Å²) < 4.78 is 25.8. The Bertz CT molecular complexity index is 534. The molecule has 0 saturated heterocycles. The van der Waals surface area contributed by atoms with Gasteiger partial charge in [-0.25, -0.2) is 8.42 Å². The topological polar surface area (TPSA) is 74.7 Å². The minimum Gasteiger partial charge on any atom is -0.392 e. The Hall–Kier alpha value is -1.24. The van der Waals surface area contributed by atoms with Crippen LogP contribution in [-0.4, -0.2) is 42.8 Å². The summed E-state index contributed by atoms with van der Waals surface area (Å²) in [4.78, 5) is 11.3. The number of carbonyl (C=O) groups excluding carboxylic acids is 1. The second-order valence-electron chi connectivity index (χ2n) is 4.66. The molecule has 0 radical (unpaired) electrons. The van der Waals surface area contributed by atoms with Gasteiger partial charge in [0.25, 0.3) is 0 Å². The molecule has 1 atom stereocenters. The van der Waals surface area contributed by atoms with E-state index in [-0.39, 0.29) is 23.8 Å². The van der Waals surface area contributed by atoms with Crippen molar-refractivity contribution in [1.29, 1.82) is 0 Å². The first kappa shape index (κ1) is 15.8. The zero-order valence-electron chi connectivity index (χ0n) is 11.3. The normalized spacial score (nSPS) is 13.5. The molecule has 0 aliphatic carbocycles. The van der Waals surface area contributed by atoms with Crippen LogP contribution in [0.4, 0.5) is 0 Å². The highest BCUT2D eigenvalue weighted by Gasteiger charge is 2.26. The number of aliphatic hydroxyl groups is 1. The van der Waals surface area contributed by atoms with Gasteiger partial charge in [0, 0.05) is 6.54 Å². The number of carbonyl (C=O) groups is 1. The first-order chi connectivity index (χ1) is 8.73. The number of sulfonamides is 1. The number of nitrogens with zero attached hydrogens (tertiary/aromatic N) is 1. The first-order valence-electron chi connectivity index (χ1n) is 5.98. The third-order valence-electron chi connectivity index (χ3n) is 2.53. The Kier molecular flexibility index (Phi) is 5.22. The van der Waals surface area contributed by atoms with Crippen molar-refractivity contribution in [2.75, 3.05) is 13.1 Å². The minimum absolute atomic E-state index is 0.101. The Labute approximate surface area is 113 Å². The van der Waals surface area contributed by atoms with Gasteiger partial charge in [0.15, 0.2) is 0 Å². The molecule has 0 bridgehead atoms. The highest BCUT2D eigenvalue weighted by molar-refractivity contribution is 7.89. The van der Waals surface area contributed by atoms with E-state index in [9.17, 15) is 18.3 Å². The Morgan fingerprint density at radius 2 is 1.84 bits per heavy atom. The van der Waals surface area contributed by atoms with E-state index in [0.717, 1.165) is 9.87 Å². The summed E-state index contributed by atoms with van der Waals surface area (Å²) >= 11 is 0. The Morgan fingerprint density at radius 3 is 2.26 bits per heavy atom. The van der Waals surface area contributed by atoms with Crippen molar-refractivity contribution in [1.82, 2.24) is 4.31 Å². The predicted octanol–water partition coefficient (Wildman–Crippen LogP) is 0.956. The molecule has 1 rings (SSSR count). The van der Waals surface area contributed by atoms with Crippen molar-refractivity contribution in [3.8, 4) is 0 Å². The Morgan fingerprint density at radius 1 is 1.32 bits per heavy atom. The molecule has 1 aromatic rings. The summed E-state index contributed by atoms with van der Waals surface area (Å²) in [6, 6.07) is 6.39. The molecular weight excluding hydrogens is 266 g/mol. The third kappa shape index (κ3) is 4.41. The zero-order valence-corrected chi connectivity index (χ0v) is 12.1. The maximum Gasteiger partial charge on any atom is 0.243 e. The molecule has 0 saturated carbocycles. The standard InChI is InChI=1S/C13H19NO4S/c1-10-4-6-13(7-5-10)19(17,18)14(8-11(2)15)9-12(3)16/h4-7,11,15H,8-9H2,1-3H3. The van der Waals surface area contributed by atoms with E-state index in [4.69, 9.17) is 0 Å². The van der Waals surface area contributed by atoms with Crippen molar-refractivity contribution >= 4 is 15.8 Å². The monoisotopic (exact) mass is 285 g/mol. The van der Waals surface area contributed by atoms with Gasteiger partial charge in [0.05, 0.1) is 17.5 Å². The number of aliphatic hydroxyl groups excluding tert-OH is 1.